The summed E-state index contributed by atoms with van der Waals surface area (Å²) in [5, 5.41) is 6.19. The van der Waals surface area contributed by atoms with Crippen molar-refractivity contribution in [3.8, 4) is 5.75 Å². The SMILES string of the molecule is [2H][13C]([2H])(C)c1ccc(C2(C(F)(F)F)N=N2)cc1OC. The van der Waals surface area contributed by atoms with Gasteiger partial charge < -0.3 is 4.74 Å². The van der Waals surface area contributed by atoms with Gasteiger partial charge in [-0.1, -0.05) is 19.1 Å². The van der Waals surface area contributed by atoms with Crippen molar-refractivity contribution in [3.63, 3.8) is 0 Å². The van der Waals surface area contributed by atoms with Crippen LogP contribution in [-0.4, -0.2) is 13.3 Å². The minimum atomic E-state index is -4.61. The summed E-state index contributed by atoms with van der Waals surface area (Å²) >= 11 is 0. The Balaban J connectivity index is 2.47. The highest BCUT2D eigenvalue weighted by atomic mass is 19.4. The molecule has 0 amide bonds. The molecule has 2 rings (SSSR count). The average Bonchev–Trinajstić information content (AvgIpc) is 3.07. The number of methoxy groups -OCH3 is 1. The molecule has 0 atom stereocenters. The van der Waals surface area contributed by atoms with Crippen molar-refractivity contribution in [2.24, 2.45) is 10.2 Å². The molecular weight excluding hydrogens is 234 g/mol. The standard InChI is InChI=1S/C11H11F3N2O/c1-3-7-4-5-8(6-9(7)17-2)10(15-16-10)11(12,13)14/h4-6H,3H2,1-2H3/i3+1D2. The fourth-order valence-corrected chi connectivity index (χ4v) is 1.56. The predicted molar refractivity (Wildman–Crippen MR) is 55.0 cm³/mol. The highest BCUT2D eigenvalue weighted by molar-refractivity contribution is 5.42. The molecule has 3 nitrogen and oxygen atoms in total. The zero-order chi connectivity index (χ0) is 14.5. The van der Waals surface area contributed by atoms with Crippen LogP contribution in [0.2, 0.25) is 0 Å². The van der Waals surface area contributed by atoms with Crippen molar-refractivity contribution in [1.29, 1.82) is 0 Å². The summed E-state index contributed by atoms with van der Waals surface area (Å²) in [5.74, 6) is 0.0472. The van der Waals surface area contributed by atoms with Gasteiger partial charge in [0.15, 0.2) is 0 Å². The van der Waals surface area contributed by atoms with E-state index < -0.39 is 18.2 Å². The smallest absolute Gasteiger partial charge is 0.442 e. The lowest BCUT2D eigenvalue weighted by atomic mass is 10.0. The second-order valence-corrected chi connectivity index (χ2v) is 3.54. The molecule has 1 aliphatic heterocycles. The number of rotatable bonds is 3. The van der Waals surface area contributed by atoms with Gasteiger partial charge in [0.25, 0.3) is 0 Å². The molecule has 0 aromatic heterocycles. The lowest BCUT2D eigenvalue weighted by Crippen LogP contribution is -2.30. The number of aryl methyl sites for hydroxylation is 1. The predicted octanol–water partition coefficient (Wildman–Crippen LogP) is 3.44. The van der Waals surface area contributed by atoms with E-state index in [1.165, 1.54) is 26.2 Å². The largest absolute Gasteiger partial charge is 0.496 e. The van der Waals surface area contributed by atoms with Crippen molar-refractivity contribution < 1.29 is 20.6 Å². The van der Waals surface area contributed by atoms with E-state index >= 15 is 0 Å². The van der Waals surface area contributed by atoms with E-state index in [1.807, 2.05) is 0 Å². The van der Waals surface area contributed by atoms with Crippen LogP contribution in [0.1, 0.15) is 20.8 Å². The van der Waals surface area contributed by atoms with Gasteiger partial charge >= 0.3 is 11.8 Å². The summed E-state index contributed by atoms with van der Waals surface area (Å²) in [5.41, 5.74) is -2.51. The lowest BCUT2D eigenvalue weighted by Gasteiger charge is -2.16. The number of hydrogen-bond acceptors (Lipinski definition) is 3. The van der Waals surface area contributed by atoms with Gasteiger partial charge in [0, 0.05) is 8.30 Å². The Labute approximate surface area is 99.1 Å². The van der Waals surface area contributed by atoms with Crippen LogP contribution in [0, 0.1) is 0 Å². The Kier molecular flexibility index (Phi) is 2.06. The Bertz CT molecular complexity index is 532. The van der Waals surface area contributed by atoms with Crippen molar-refractivity contribution in [2.75, 3.05) is 7.11 Å². The first-order chi connectivity index (χ1) is 8.62. The van der Waals surface area contributed by atoms with Gasteiger partial charge in [0.2, 0.25) is 0 Å². The number of ether oxygens (including phenoxy) is 1. The van der Waals surface area contributed by atoms with Gasteiger partial charge in [-0.05, 0) is 18.0 Å². The van der Waals surface area contributed by atoms with E-state index in [0.717, 1.165) is 6.07 Å². The highest BCUT2D eigenvalue weighted by Gasteiger charge is 2.65. The number of hydrogen-bond donors (Lipinski definition) is 0. The monoisotopic (exact) mass is 247 g/mol. The molecule has 0 bridgehead atoms. The second kappa shape index (κ2) is 3.72. The van der Waals surface area contributed by atoms with Gasteiger partial charge in [0.1, 0.15) is 5.75 Å². The van der Waals surface area contributed by atoms with Crippen LogP contribution in [0.25, 0.3) is 0 Å². The second-order valence-electron chi connectivity index (χ2n) is 3.54. The first kappa shape index (κ1) is 9.44. The van der Waals surface area contributed by atoms with Crippen LogP contribution in [0.4, 0.5) is 13.2 Å². The maximum atomic E-state index is 12.8. The van der Waals surface area contributed by atoms with E-state index in [4.69, 9.17) is 7.48 Å². The van der Waals surface area contributed by atoms with Crippen LogP contribution < -0.4 is 4.74 Å². The van der Waals surface area contributed by atoms with Gasteiger partial charge in [-0.25, -0.2) is 0 Å². The topological polar surface area (TPSA) is 34.0 Å². The summed E-state index contributed by atoms with van der Waals surface area (Å²) in [6, 6.07) is 3.57. The van der Waals surface area contributed by atoms with Crippen LogP contribution in [-0.2, 0) is 12.0 Å². The van der Waals surface area contributed by atoms with E-state index in [2.05, 4.69) is 10.2 Å². The highest BCUT2D eigenvalue weighted by Crippen LogP contribution is 2.52. The minimum Gasteiger partial charge on any atom is -0.496 e. The molecule has 17 heavy (non-hydrogen) atoms. The third-order valence-corrected chi connectivity index (χ3v) is 2.57. The molecule has 0 N–H and O–H groups in total. The van der Waals surface area contributed by atoms with E-state index in [1.54, 1.807) is 0 Å². The molecule has 0 spiro atoms. The van der Waals surface area contributed by atoms with E-state index in [-0.39, 0.29) is 16.9 Å². The van der Waals surface area contributed by atoms with E-state index in [9.17, 15) is 13.2 Å². The third kappa shape index (κ3) is 1.77. The maximum Gasteiger partial charge on any atom is 0.442 e. The number of benzene rings is 1. The number of halogens is 3. The van der Waals surface area contributed by atoms with Gasteiger partial charge in [-0.15, -0.1) is 10.2 Å². The fourth-order valence-electron chi connectivity index (χ4n) is 1.56. The zero-order valence-corrected chi connectivity index (χ0v) is 9.17. The normalized spacial score (nSPS) is 19.6. The molecule has 0 unspecified atom stereocenters. The Morgan fingerprint density at radius 2 is 2.06 bits per heavy atom. The maximum absolute atomic E-state index is 12.8. The molecule has 92 valence electrons. The molecule has 6 heteroatoms. The van der Waals surface area contributed by atoms with Gasteiger partial charge in [-0.3, -0.25) is 0 Å². The fraction of sp³-hybridized carbons (Fsp3) is 0.455. The van der Waals surface area contributed by atoms with E-state index in [0.29, 0.717) is 0 Å². The molecule has 0 saturated heterocycles. The minimum absolute atomic E-state index is 0.0472. The van der Waals surface area contributed by atoms with Crippen LogP contribution >= 0.6 is 0 Å². The molecule has 0 aliphatic carbocycles. The first-order valence-corrected chi connectivity index (χ1v) is 4.81. The Hall–Kier alpha value is -1.59. The third-order valence-electron chi connectivity index (χ3n) is 2.57. The average molecular weight is 247 g/mol. The van der Waals surface area contributed by atoms with Gasteiger partial charge in [0.05, 0.1) is 7.11 Å². The summed E-state index contributed by atoms with van der Waals surface area (Å²) < 4.78 is 58.7. The van der Waals surface area contributed by atoms with Crippen LogP contribution in [0.3, 0.4) is 0 Å². The van der Waals surface area contributed by atoms with Gasteiger partial charge in [-0.2, -0.15) is 13.2 Å². The molecule has 1 aromatic rings. The molecular formula is C11H11F3N2O. The number of alkyl halides is 3. The molecule has 0 radical (unpaired) electrons. The first-order valence-electron chi connectivity index (χ1n) is 5.81. The summed E-state index contributed by atoms with van der Waals surface area (Å²) in [4.78, 5) is 0. The molecule has 1 aromatic carbocycles. The van der Waals surface area contributed by atoms with Crippen LogP contribution in [0.15, 0.2) is 28.4 Å². The molecule has 0 fully saturated rings. The number of nitrogens with zero attached hydrogens (tertiary/aromatic N) is 2. The summed E-state index contributed by atoms with van der Waals surface area (Å²) in [7, 11) is 1.27. The summed E-state index contributed by atoms with van der Waals surface area (Å²) in [6.07, 6.45) is -6.32. The Morgan fingerprint density at radius 3 is 2.47 bits per heavy atom. The summed E-state index contributed by atoms with van der Waals surface area (Å²) in [6.45, 7) is 1.30. The Morgan fingerprint density at radius 1 is 1.41 bits per heavy atom. The zero-order valence-electron chi connectivity index (χ0n) is 11.2. The quantitative estimate of drug-likeness (QED) is 0.753. The molecule has 0 saturated carbocycles. The van der Waals surface area contributed by atoms with Crippen LogP contribution in [0.5, 0.6) is 5.75 Å². The van der Waals surface area contributed by atoms with Crippen molar-refractivity contribution >= 4 is 0 Å². The molecule has 1 heterocycles. The lowest BCUT2D eigenvalue weighted by molar-refractivity contribution is -0.166. The van der Waals surface area contributed by atoms with Crippen molar-refractivity contribution in [2.45, 2.75) is 25.1 Å². The van der Waals surface area contributed by atoms with Crippen molar-refractivity contribution in [3.05, 3.63) is 29.3 Å². The molecule has 1 aliphatic rings. The van der Waals surface area contributed by atoms with Crippen molar-refractivity contribution in [1.82, 2.24) is 0 Å².